The number of nitrogens with one attached hydrogen (secondary N) is 1. The van der Waals surface area contributed by atoms with E-state index in [4.69, 9.17) is 9.15 Å². The highest BCUT2D eigenvalue weighted by Gasteiger charge is 2.14. The number of carbonyl (C=O) groups is 1. The Morgan fingerprint density at radius 3 is 3.15 bits per heavy atom. The van der Waals surface area contributed by atoms with Gasteiger partial charge in [0.2, 0.25) is 0 Å². The van der Waals surface area contributed by atoms with E-state index in [1.54, 1.807) is 12.1 Å². The zero-order valence-electron chi connectivity index (χ0n) is 11.7. The van der Waals surface area contributed by atoms with Gasteiger partial charge < -0.3 is 19.4 Å². The fourth-order valence-electron chi connectivity index (χ4n) is 2.31. The summed E-state index contributed by atoms with van der Waals surface area (Å²) in [6.07, 6.45) is 2.31. The van der Waals surface area contributed by atoms with Crippen LogP contribution in [0.15, 0.2) is 21.2 Å². The van der Waals surface area contributed by atoms with Crippen molar-refractivity contribution in [1.82, 2.24) is 10.2 Å². The van der Waals surface area contributed by atoms with Gasteiger partial charge >= 0.3 is 0 Å². The summed E-state index contributed by atoms with van der Waals surface area (Å²) in [5.41, 5.74) is 0. The zero-order valence-corrected chi connectivity index (χ0v) is 13.3. The van der Waals surface area contributed by atoms with Crippen molar-refractivity contribution in [1.29, 1.82) is 0 Å². The first-order valence-corrected chi connectivity index (χ1v) is 7.82. The average molecular weight is 345 g/mol. The van der Waals surface area contributed by atoms with Crippen LogP contribution in [-0.2, 0) is 4.74 Å². The van der Waals surface area contributed by atoms with Gasteiger partial charge in [0, 0.05) is 26.2 Å². The second-order valence-corrected chi connectivity index (χ2v) is 5.83. The Morgan fingerprint density at radius 1 is 1.55 bits per heavy atom. The van der Waals surface area contributed by atoms with Gasteiger partial charge in [-0.1, -0.05) is 0 Å². The van der Waals surface area contributed by atoms with Crippen LogP contribution in [0.5, 0.6) is 0 Å². The molecule has 0 aliphatic carbocycles. The van der Waals surface area contributed by atoms with Crippen LogP contribution in [0.1, 0.15) is 30.3 Å². The fourth-order valence-corrected chi connectivity index (χ4v) is 2.62. The number of hydrogen-bond acceptors (Lipinski definition) is 4. The van der Waals surface area contributed by atoms with Gasteiger partial charge in [0.05, 0.1) is 6.10 Å². The molecule has 2 rings (SSSR count). The molecule has 2 heterocycles. The van der Waals surface area contributed by atoms with Gasteiger partial charge in [-0.15, -0.1) is 0 Å². The van der Waals surface area contributed by atoms with E-state index in [2.05, 4.69) is 33.1 Å². The lowest BCUT2D eigenvalue weighted by Gasteiger charge is -2.21. The first-order valence-electron chi connectivity index (χ1n) is 7.02. The fraction of sp³-hybridized carbons (Fsp3) is 0.643. The first kappa shape index (κ1) is 15.5. The summed E-state index contributed by atoms with van der Waals surface area (Å²) in [6.45, 7) is 6.64. The third-order valence-corrected chi connectivity index (χ3v) is 3.70. The highest BCUT2D eigenvalue weighted by Crippen LogP contribution is 2.13. The van der Waals surface area contributed by atoms with Gasteiger partial charge in [0.1, 0.15) is 0 Å². The number of amides is 1. The van der Waals surface area contributed by atoms with Crippen LogP contribution in [0, 0.1) is 0 Å². The van der Waals surface area contributed by atoms with E-state index < -0.39 is 0 Å². The molecule has 1 amide bonds. The maximum Gasteiger partial charge on any atom is 0.287 e. The lowest BCUT2D eigenvalue weighted by molar-refractivity contribution is 0.0675. The summed E-state index contributed by atoms with van der Waals surface area (Å²) >= 11 is 3.18. The molecule has 1 N–H and O–H groups in total. The van der Waals surface area contributed by atoms with Gasteiger partial charge in [0.25, 0.3) is 5.91 Å². The molecule has 1 aromatic rings. The molecule has 6 heteroatoms. The highest BCUT2D eigenvalue weighted by molar-refractivity contribution is 9.10. The molecule has 1 aromatic heterocycles. The van der Waals surface area contributed by atoms with E-state index >= 15 is 0 Å². The zero-order chi connectivity index (χ0) is 14.4. The Morgan fingerprint density at radius 2 is 2.40 bits per heavy atom. The number of nitrogens with zero attached hydrogens (tertiary/aromatic N) is 1. The largest absolute Gasteiger partial charge is 0.444 e. The number of hydrogen-bond donors (Lipinski definition) is 1. The average Bonchev–Trinajstić information content (AvgIpc) is 2.74. The van der Waals surface area contributed by atoms with Crippen LogP contribution in [0.2, 0.25) is 0 Å². The van der Waals surface area contributed by atoms with Gasteiger partial charge in [0.15, 0.2) is 10.4 Å². The summed E-state index contributed by atoms with van der Waals surface area (Å²) in [5.74, 6) is 0.178. The number of furan rings is 1. The van der Waals surface area contributed by atoms with Gasteiger partial charge in [-0.3, -0.25) is 4.79 Å². The molecule has 0 saturated carbocycles. The minimum atomic E-state index is -0.164. The summed E-state index contributed by atoms with van der Waals surface area (Å²) in [7, 11) is 0. The van der Waals surface area contributed by atoms with Gasteiger partial charge in [-0.2, -0.15) is 0 Å². The van der Waals surface area contributed by atoms with Crippen molar-refractivity contribution >= 4 is 21.8 Å². The monoisotopic (exact) mass is 344 g/mol. The van der Waals surface area contributed by atoms with Gasteiger partial charge in [-0.25, -0.2) is 0 Å². The van der Waals surface area contributed by atoms with E-state index in [-0.39, 0.29) is 5.91 Å². The van der Waals surface area contributed by atoms with E-state index in [0.717, 1.165) is 39.1 Å². The molecule has 1 atom stereocenters. The summed E-state index contributed by atoms with van der Waals surface area (Å²) in [6, 6.07) is 3.38. The minimum Gasteiger partial charge on any atom is -0.444 e. The van der Waals surface area contributed by atoms with Crippen LogP contribution in [0.3, 0.4) is 0 Å². The summed E-state index contributed by atoms with van der Waals surface area (Å²) in [5, 5.41) is 2.87. The van der Waals surface area contributed by atoms with Crippen LogP contribution in [0.4, 0.5) is 0 Å². The molecule has 0 aromatic carbocycles. The molecule has 20 heavy (non-hydrogen) atoms. The van der Waals surface area contributed by atoms with Crippen molar-refractivity contribution in [3.8, 4) is 0 Å². The van der Waals surface area contributed by atoms with Crippen LogP contribution in [-0.4, -0.2) is 49.7 Å². The Balaban J connectivity index is 1.64. The van der Waals surface area contributed by atoms with Crippen molar-refractivity contribution < 1.29 is 13.9 Å². The van der Waals surface area contributed by atoms with E-state index in [1.807, 2.05) is 0 Å². The van der Waals surface area contributed by atoms with Crippen molar-refractivity contribution in [3.63, 3.8) is 0 Å². The molecule has 0 spiro atoms. The number of halogens is 1. The van der Waals surface area contributed by atoms with Crippen molar-refractivity contribution in [3.05, 3.63) is 22.6 Å². The van der Waals surface area contributed by atoms with Crippen LogP contribution >= 0.6 is 15.9 Å². The second kappa shape index (κ2) is 7.81. The Hall–Kier alpha value is -0.850. The second-order valence-electron chi connectivity index (χ2n) is 5.05. The molecule has 0 bridgehead atoms. The normalized spacial score (nSPS) is 20.6. The molecule has 1 aliphatic heterocycles. The van der Waals surface area contributed by atoms with Crippen molar-refractivity contribution in [2.24, 2.45) is 0 Å². The van der Waals surface area contributed by atoms with E-state index in [9.17, 15) is 4.79 Å². The van der Waals surface area contributed by atoms with E-state index in [0.29, 0.717) is 23.1 Å². The Kier molecular flexibility index (Phi) is 6.06. The lowest BCUT2D eigenvalue weighted by Crippen LogP contribution is -2.33. The Bertz CT molecular complexity index is 436. The molecule has 1 aliphatic rings. The molecule has 1 unspecified atom stereocenters. The van der Waals surface area contributed by atoms with Crippen LogP contribution < -0.4 is 5.32 Å². The molecular weight excluding hydrogens is 324 g/mol. The molecule has 1 fully saturated rings. The molecule has 5 nitrogen and oxygen atoms in total. The predicted octanol–water partition coefficient (Wildman–Crippen LogP) is 2.27. The Labute approximate surface area is 127 Å². The maximum absolute atomic E-state index is 11.8. The summed E-state index contributed by atoms with van der Waals surface area (Å²) < 4.78 is 11.4. The number of ether oxygens (including phenoxy) is 1. The number of carbonyl (C=O) groups excluding carboxylic acids is 1. The van der Waals surface area contributed by atoms with Gasteiger partial charge in [-0.05, 0) is 54.4 Å². The quantitative estimate of drug-likeness (QED) is 0.832. The third kappa shape index (κ3) is 4.92. The highest BCUT2D eigenvalue weighted by atomic mass is 79.9. The molecule has 1 saturated heterocycles. The molecular formula is C14H21BrN2O3. The van der Waals surface area contributed by atoms with Crippen molar-refractivity contribution in [2.45, 2.75) is 25.9 Å². The maximum atomic E-state index is 11.8. The third-order valence-electron chi connectivity index (χ3n) is 3.27. The molecule has 112 valence electrons. The van der Waals surface area contributed by atoms with Crippen LogP contribution in [0.25, 0.3) is 0 Å². The smallest absolute Gasteiger partial charge is 0.287 e. The molecule has 0 radical (unpaired) electrons. The number of rotatable bonds is 5. The van der Waals surface area contributed by atoms with Crippen molar-refractivity contribution in [2.75, 3.05) is 32.8 Å². The topological polar surface area (TPSA) is 54.7 Å². The standard InChI is InChI=1S/C14H21BrN2O3/c1-11-10-17(8-3-9-19-11)7-2-6-16-14(18)12-4-5-13(15)20-12/h4-5,11H,2-3,6-10H2,1H3,(H,16,18). The first-order chi connectivity index (χ1) is 9.65. The van der Waals surface area contributed by atoms with E-state index in [1.165, 1.54) is 0 Å². The lowest BCUT2D eigenvalue weighted by atomic mass is 10.3. The SMILES string of the molecule is CC1CN(CCCNC(=O)c2ccc(Br)o2)CCCO1. The predicted molar refractivity (Wildman–Crippen MR) is 79.8 cm³/mol. The minimum absolute atomic E-state index is 0.164. The summed E-state index contributed by atoms with van der Waals surface area (Å²) in [4.78, 5) is 14.2.